The Balaban J connectivity index is 1.46. The first-order valence-corrected chi connectivity index (χ1v) is 15.0. The summed E-state index contributed by atoms with van der Waals surface area (Å²) in [7, 11) is 0. The molecule has 3 heterocycles. The minimum atomic E-state index is 0.0243. The van der Waals surface area contributed by atoms with Crippen molar-refractivity contribution in [3.8, 4) is 11.5 Å². The van der Waals surface area contributed by atoms with Crippen LogP contribution in [0.1, 0.15) is 37.7 Å². The zero-order valence-electron chi connectivity index (χ0n) is 25.4. The molecule has 0 aliphatic rings. The molecule has 0 atom stereocenters. The second kappa shape index (κ2) is 10.4. The summed E-state index contributed by atoms with van der Waals surface area (Å²) in [5.41, 5.74) is 10.5. The molecule has 43 heavy (non-hydrogen) atoms. The number of para-hydroxylation sites is 1. The van der Waals surface area contributed by atoms with Crippen molar-refractivity contribution in [1.82, 2.24) is 19.3 Å². The van der Waals surface area contributed by atoms with Crippen LogP contribution in [0.3, 0.4) is 0 Å². The van der Waals surface area contributed by atoms with Crippen molar-refractivity contribution >= 4 is 44.9 Å². The monoisotopic (exact) mass is 558 g/mol. The molecule has 0 unspecified atom stereocenters. The Morgan fingerprint density at radius 2 is 1.35 bits per heavy atom. The Bertz CT molecular complexity index is 2100. The van der Waals surface area contributed by atoms with Crippen molar-refractivity contribution in [2.45, 2.75) is 40.0 Å². The maximum Gasteiger partial charge on any atom is 0.241 e. The molecule has 0 N–H and O–H groups in total. The summed E-state index contributed by atoms with van der Waals surface area (Å²) >= 11 is 0. The standard InChI is InChI=1S/C38H35BN4/c1-26-22-27(2)43(41-26)32-15-11-14-30(24-32)39(29-12-7-6-8-13-29)31-18-19-34-33-16-9-10-17-35(33)42(36(34)25-31)37-23-28(20-21-40-37)38(3,4)5/h6-25H,1-5H3. The summed E-state index contributed by atoms with van der Waals surface area (Å²) in [5, 5.41) is 7.23. The van der Waals surface area contributed by atoms with Gasteiger partial charge in [0, 0.05) is 22.7 Å². The van der Waals surface area contributed by atoms with Gasteiger partial charge in [-0.25, -0.2) is 9.67 Å². The number of fused-ring (bicyclic) bond motifs is 3. The zero-order valence-corrected chi connectivity index (χ0v) is 25.4. The molecular formula is C38H35BN4. The molecule has 0 aliphatic carbocycles. The van der Waals surface area contributed by atoms with Gasteiger partial charge in [-0.15, -0.1) is 0 Å². The van der Waals surface area contributed by atoms with Gasteiger partial charge < -0.3 is 0 Å². The third-order valence-corrected chi connectivity index (χ3v) is 8.46. The molecule has 0 radical (unpaired) electrons. The third kappa shape index (κ3) is 4.85. The fourth-order valence-corrected chi connectivity index (χ4v) is 6.37. The first-order valence-electron chi connectivity index (χ1n) is 15.0. The van der Waals surface area contributed by atoms with Gasteiger partial charge in [0.1, 0.15) is 5.82 Å². The minimum absolute atomic E-state index is 0.0243. The van der Waals surface area contributed by atoms with Crippen molar-refractivity contribution in [3.63, 3.8) is 0 Å². The van der Waals surface area contributed by atoms with E-state index >= 15 is 0 Å². The van der Waals surface area contributed by atoms with Crippen LogP contribution in [0.2, 0.25) is 0 Å². The number of hydrogen-bond acceptors (Lipinski definition) is 2. The van der Waals surface area contributed by atoms with Crippen LogP contribution >= 0.6 is 0 Å². The van der Waals surface area contributed by atoms with Gasteiger partial charge in [0.2, 0.25) is 6.71 Å². The Hall–Kier alpha value is -4.90. The molecule has 0 saturated carbocycles. The minimum Gasteiger partial charge on any atom is -0.294 e. The predicted molar refractivity (Wildman–Crippen MR) is 181 cm³/mol. The van der Waals surface area contributed by atoms with E-state index in [9.17, 15) is 0 Å². The summed E-state index contributed by atoms with van der Waals surface area (Å²) in [5.74, 6) is 0.943. The molecule has 0 aliphatic heterocycles. The molecule has 0 fully saturated rings. The van der Waals surface area contributed by atoms with Crippen LogP contribution in [0.25, 0.3) is 33.3 Å². The summed E-state index contributed by atoms with van der Waals surface area (Å²) in [4.78, 5) is 4.90. The second-order valence-electron chi connectivity index (χ2n) is 12.6. The molecule has 4 aromatic carbocycles. The quantitative estimate of drug-likeness (QED) is 0.218. The lowest BCUT2D eigenvalue weighted by Crippen LogP contribution is -2.52. The zero-order chi connectivity index (χ0) is 29.7. The van der Waals surface area contributed by atoms with E-state index in [0.717, 1.165) is 33.9 Å². The van der Waals surface area contributed by atoms with E-state index in [2.05, 4.69) is 148 Å². The topological polar surface area (TPSA) is 35.6 Å². The summed E-state index contributed by atoms with van der Waals surface area (Å²) in [6.07, 6.45) is 1.94. The summed E-state index contributed by atoms with van der Waals surface area (Å²) < 4.78 is 4.37. The lowest BCUT2D eigenvalue weighted by Gasteiger charge is -2.20. The molecular weight excluding hydrogens is 523 g/mol. The first-order chi connectivity index (χ1) is 20.8. The van der Waals surface area contributed by atoms with E-state index in [4.69, 9.17) is 10.1 Å². The molecule has 7 rings (SSSR count). The fourth-order valence-electron chi connectivity index (χ4n) is 6.37. The molecule has 0 bridgehead atoms. The van der Waals surface area contributed by atoms with Gasteiger partial charge >= 0.3 is 0 Å². The molecule has 210 valence electrons. The molecule has 4 nitrogen and oxygen atoms in total. The summed E-state index contributed by atoms with van der Waals surface area (Å²) in [6.45, 7) is 10.9. The highest BCUT2D eigenvalue weighted by atomic mass is 15.3. The normalized spacial score (nSPS) is 11.8. The number of rotatable bonds is 5. The Labute approximate surface area is 253 Å². The van der Waals surface area contributed by atoms with E-state index in [1.165, 1.54) is 32.7 Å². The van der Waals surface area contributed by atoms with Crippen molar-refractivity contribution in [2.24, 2.45) is 0 Å². The van der Waals surface area contributed by atoms with Gasteiger partial charge in [-0.2, -0.15) is 5.10 Å². The van der Waals surface area contributed by atoms with Crippen molar-refractivity contribution in [2.75, 3.05) is 0 Å². The Morgan fingerprint density at radius 1 is 0.628 bits per heavy atom. The molecule has 0 saturated heterocycles. The van der Waals surface area contributed by atoms with Crippen LogP contribution in [-0.4, -0.2) is 26.0 Å². The van der Waals surface area contributed by atoms with E-state index < -0.39 is 0 Å². The molecule has 7 aromatic rings. The molecule has 0 amide bonds. The van der Waals surface area contributed by atoms with Gasteiger partial charge in [-0.1, -0.05) is 110 Å². The number of aryl methyl sites for hydroxylation is 2. The van der Waals surface area contributed by atoms with Crippen LogP contribution < -0.4 is 16.4 Å². The van der Waals surface area contributed by atoms with Gasteiger partial charge in [-0.3, -0.25) is 4.57 Å². The lowest BCUT2D eigenvalue weighted by atomic mass is 9.37. The molecule has 3 aromatic heterocycles. The molecule has 5 heteroatoms. The first kappa shape index (κ1) is 27.0. The lowest BCUT2D eigenvalue weighted by molar-refractivity contribution is 0.588. The molecule has 0 spiro atoms. The number of aromatic nitrogens is 4. The SMILES string of the molecule is Cc1cc(C)n(-c2cccc(B(c3ccccc3)c3ccc4c5ccccc5n(-c5cc(C(C)(C)C)ccn5)c4c3)c2)n1. The van der Waals surface area contributed by atoms with Crippen LogP contribution in [-0.2, 0) is 5.41 Å². The van der Waals surface area contributed by atoms with Crippen LogP contribution in [0.15, 0.2) is 121 Å². The van der Waals surface area contributed by atoms with Gasteiger partial charge in [0.05, 0.1) is 22.4 Å². The van der Waals surface area contributed by atoms with Crippen molar-refractivity contribution < 1.29 is 0 Å². The highest BCUT2D eigenvalue weighted by Crippen LogP contribution is 2.32. The second-order valence-corrected chi connectivity index (χ2v) is 12.6. The maximum absolute atomic E-state index is 4.90. The number of nitrogens with zero attached hydrogens (tertiary/aromatic N) is 4. The Kier molecular flexibility index (Phi) is 6.54. The Morgan fingerprint density at radius 3 is 2.12 bits per heavy atom. The summed E-state index contributed by atoms with van der Waals surface area (Å²) in [6, 6.07) is 41.7. The van der Waals surface area contributed by atoms with E-state index in [1.54, 1.807) is 0 Å². The number of pyridine rings is 1. The van der Waals surface area contributed by atoms with Crippen LogP contribution in [0.4, 0.5) is 0 Å². The average molecular weight is 559 g/mol. The smallest absolute Gasteiger partial charge is 0.241 e. The fraction of sp³-hybridized carbons (Fsp3) is 0.158. The number of hydrogen-bond donors (Lipinski definition) is 0. The van der Waals surface area contributed by atoms with Crippen molar-refractivity contribution in [1.29, 1.82) is 0 Å². The van der Waals surface area contributed by atoms with Crippen LogP contribution in [0, 0.1) is 13.8 Å². The highest BCUT2D eigenvalue weighted by Gasteiger charge is 2.25. The van der Waals surface area contributed by atoms with Crippen molar-refractivity contribution in [3.05, 3.63) is 138 Å². The van der Waals surface area contributed by atoms with Gasteiger partial charge in [0.25, 0.3) is 0 Å². The average Bonchev–Trinajstić information content (AvgIpc) is 3.53. The van der Waals surface area contributed by atoms with E-state index in [1.807, 2.05) is 17.8 Å². The van der Waals surface area contributed by atoms with Crippen LogP contribution in [0.5, 0.6) is 0 Å². The predicted octanol–water partition coefficient (Wildman–Crippen LogP) is 6.79. The third-order valence-electron chi connectivity index (χ3n) is 8.46. The number of benzene rings is 4. The maximum atomic E-state index is 4.90. The highest BCUT2D eigenvalue weighted by molar-refractivity contribution is 6.95. The van der Waals surface area contributed by atoms with E-state index in [-0.39, 0.29) is 12.1 Å². The van der Waals surface area contributed by atoms with Gasteiger partial charge in [-0.05, 0) is 67.3 Å². The largest absolute Gasteiger partial charge is 0.294 e. The van der Waals surface area contributed by atoms with E-state index in [0.29, 0.717) is 0 Å². The van der Waals surface area contributed by atoms with Gasteiger partial charge in [0.15, 0.2) is 0 Å².